The molecule has 218 valence electrons. The number of esters is 1. The van der Waals surface area contributed by atoms with E-state index in [2.05, 4.69) is 15.4 Å². The highest BCUT2D eigenvalue weighted by molar-refractivity contribution is 7.57. The van der Waals surface area contributed by atoms with Gasteiger partial charge in [0.2, 0.25) is 0 Å². The Kier molecular flexibility index (Phi) is 9.54. The Bertz CT molecular complexity index is 1470. The summed E-state index contributed by atoms with van der Waals surface area (Å²) in [5.74, 6) is -2.66. The highest BCUT2D eigenvalue weighted by Gasteiger charge is 2.40. The number of nitrogens with one attached hydrogen (secondary N) is 2. The molecule has 0 saturated heterocycles. The minimum Gasteiger partial charge on any atom is -0.462 e. The van der Waals surface area contributed by atoms with Gasteiger partial charge in [0.1, 0.15) is 30.0 Å². The summed E-state index contributed by atoms with van der Waals surface area (Å²) < 4.78 is 44.8. The number of methoxy groups -OCH3 is 1. The van der Waals surface area contributed by atoms with E-state index in [4.69, 9.17) is 14.0 Å². The summed E-state index contributed by atoms with van der Waals surface area (Å²) in [6.07, 6.45) is 0.631. The maximum absolute atomic E-state index is 14.7. The van der Waals surface area contributed by atoms with Crippen LogP contribution in [0.25, 0.3) is 0 Å². The number of carbonyl (C=O) groups is 3. The van der Waals surface area contributed by atoms with Crippen LogP contribution in [-0.2, 0) is 30.2 Å². The molecule has 2 heterocycles. The van der Waals surface area contributed by atoms with Crippen LogP contribution in [0.3, 0.4) is 0 Å². The molecular weight excluding hydrogens is 574 g/mol. The van der Waals surface area contributed by atoms with Crippen LogP contribution in [0.1, 0.15) is 48.3 Å². The lowest BCUT2D eigenvalue weighted by atomic mass is 10.0. The first-order chi connectivity index (χ1) is 19.5. The number of ether oxygens (including phenoxy) is 2. The summed E-state index contributed by atoms with van der Waals surface area (Å²) in [7, 11) is -2.71. The standard InChI is InChI=1S/C27H30FN4O7PS/c1-16(2)38-26(35)17(3)31-40(36,15-37-4)39-22-10-9-19(28)13-21(22)23(24(33)30-27-29-11-12-41-27)32-14-18-7-5-6-8-20(18)25(32)34/h5-13,16-17,23H,14-15H2,1-4H3,(H,31,36)(H,29,30,33)/t17-,23?,40?/m0/s1. The number of nitrogens with zero attached hydrogens (tertiary/aromatic N) is 2. The molecule has 1 aromatic heterocycles. The van der Waals surface area contributed by atoms with Crippen LogP contribution in [0, 0.1) is 5.82 Å². The van der Waals surface area contributed by atoms with Gasteiger partial charge >= 0.3 is 13.5 Å². The molecule has 4 rings (SSSR count). The lowest BCUT2D eigenvalue weighted by Crippen LogP contribution is -2.38. The fourth-order valence-corrected chi connectivity index (χ4v) is 6.54. The number of hydrogen-bond donors (Lipinski definition) is 2. The van der Waals surface area contributed by atoms with Crippen LogP contribution in [0.15, 0.2) is 54.0 Å². The number of fused-ring (bicyclic) bond motifs is 1. The van der Waals surface area contributed by atoms with Gasteiger partial charge in [-0.15, -0.1) is 11.3 Å². The summed E-state index contributed by atoms with van der Waals surface area (Å²) in [4.78, 5) is 45.0. The Morgan fingerprint density at radius 3 is 2.61 bits per heavy atom. The molecule has 14 heteroatoms. The average molecular weight is 605 g/mol. The van der Waals surface area contributed by atoms with Gasteiger partial charge in [0.15, 0.2) is 5.13 Å². The smallest absolute Gasteiger partial charge is 0.342 e. The van der Waals surface area contributed by atoms with Gasteiger partial charge in [-0.05, 0) is 50.6 Å². The molecule has 0 bridgehead atoms. The molecule has 0 aliphatic carbocycles. The predicted octanol–water partition coefficient (Wildman–Crippen LogP) is 4.72. The topological polar surface area (TPSA) is 136 Å². The van der Waals surface area contributed by atoms with E-state index in [0.29, 0.717) is 11.1 Å². The first-order valence-electron chi connectivity index (χ1n) is 12.7. The second-order valence-electron chi connectivity index (χ2n) is 9.52. The van der Waals surface area contributed by atoms with Crippen LogP contribution in [0.4, 0.5) is 9.52 Å². The summed E-state index contributed by atoms with van der Waals surface area (Å²) in [6.45, 7) is 4.87. The third kappa shape index (κ3) is 7.17. The molecule has 3 atom stereocenters. The maximum atomic E-state index is 14.7. The highest BCUT2D eigenvalue weighted by Crippen LogP contribution is 2.47. The van der Waals surface area contributed by atoms with Gasteiger partial charge in [0, 0.05) is 36.4 Å². The van der Waals surface area contributed by atoms with Gasteiger partial charge in [0.05, 0.1) is 6.10 Å². The molecular formula is C27H30FN4O7PS. The van der Waals surface area contributed by atoms with Crippen molar-refractivity contribution in [2.45, 2.75) is 45.5 Å². The van der Waals surface area contributed by atoms with Crippen molar-refractivity contribution in [3.05, 3.63) is 76.5 Å². The zero-order valence-corrected chi connectivity index (χ0v) is 24.5. The van der Waals surface area contributed by atoms with Crippen molar-refractivity contribution >= 4 is 41.8 Å². The van der Waals surface area contributed by atoms with Crippen LogP contribution in [-0.4, -0.2) is 53.3 Å². The molecule has 2 aromatic carbocycles. The van der Waals surface area contributed by atoms with E-state index >= 15 is 0 Å². The van der Waals surface area contributed by atoms with Gasteiger partial charge in [-0.3, -0.25) is 24.3 Å². The second kappa shape index (κ2) is 12.9. The largest absolute Gasteiger partial charge is 0.462 e. The summed E-state index contributed by atoms with van der Waals surface area (Å²) in [5, 5.41) is 7.24. The monoisotopic (exact) mass is 604 g/mol. The lowest BCUT2D eigenvalue weighted by Gasteiger charge is -2.30. The number of carbonyl (C=O) groups excluding carboxylic acids is 3. The number of hydrogen-bond acceptors (Lipinski definition) is 9. The number of benzene rings is 2. The van der Waals surface area contributed by atoms with Gasteiger partial charge < -0.3 is 18.9 Å². The van der Waals surface area contributed by atoms with E-state index in [-0.39, 0.29) is 23.0 Å². The molecule has 3 aromatic rings. The molecule has 0 spiro atoms. The van der Waals surface area contributed by atoms with Crippen molar-refractivity contribution in [2.24, 2.45) is 0 Å². The molecule has 0 radical (unpaired) electrons. The summed E-state index contributed by atoms with van der Waals surface area (Å²) >= 11 is 1.17. The van der Waals surface area contributed by atoms with E-state index in [9.17, 15) is 23.3 Å². The Balaban J connectivity index is 1.74. The molecule has 41 heavy (non-hydrogen) atoms. The van der Waals surface area contributed by atoms with E-state index in [1.165, 1.54) is 42.5 Å². The molecule has 1 aliphatic rings. The van der Waals surface area contributed by atoms with E-state index in [1.54, 1.807) is 43.5 Å². The van der Waals surface area contributed by atoms with Gasteiger partial charge in [-0.1, -0.05) is 18.2 Å². The lowest BCUT2D eigenvalue weighted by molar-refractivity contribution is -0.149. The van der Waals surface area contributed by atoms with Crippen LogP contribution in [0.5, 0.6) is 5.75 Å². The molecule has 2 unspecified atom stereocenters. The van der Waals surface area contributed by atoms with Crippen molar-refractivity contribution in [3.63, 3.8) is 0 Å². The normalized spacial score (nSPS) is 15.7. The molecule has 0 saturated carbocycles. The van der Waals surface area contributed by atoms with E-state index in [1.807, 2.05) is 0 Å². The molecule has 1 aliphatic heterocycles. The maximum Gasteiger partial charge on any atom is 0.342 e. The summed E-state index contributed by atoms with van der Waals surface area (Å²) in [6, 6.07) is 7.77. The first-order valence-corrected chi connectivity index (χ1v) is 15.3. The van der Waals surface area contributed by atoms with Gasteiger partial charge in [0.25, 0.3) is 11.8 Å². The molecule has 11 nitrogen and oxygen atoms in total. The zero-order chi connectivity index (χ0) is 29.7. The van der Waals surface area contributed by atoms with Gasteiger partial charge in [-0.2, -0.15) is 0 Å². The van der Waals surface area contributed by atoms with Crippen molar-refractivity contribution in [2.75, 3.05) is 18.8 Å². The van der Waals surface area contributed by atoms with Crippen LogP contribution in [0.2, 0.25) is 0 Å². The number of amides is 2. The number of rotatable bonds is 12. The minimum absolute atomic E-state index is 0.0595. The zero-order valence-electron chi connectivity index (χ0n) is 22.8. The van der Waals surface area contributed by atoms with E-state index in [0.717, 1.165) is 12.1 Å². The van der Waals surface area contributed by atoms with Crippen molar-refractivity contribution in [1.29, 1.82) is 0 Å². The highest BCUT2D eigenvalue weighted by atomic mass is 32.1. The quantitative estimate of drug-likeness (QED) is 0.222. The fourth-order valence-electron chi connectivity index (χ4n) is 4.31. The number of anilines is 1. The van der Waals surface area contributed by atoms with Crippen LogP contribution < -0.4 is 14.9 Å². The second-order valence-corrected chi connectivity index (χ2v) is 12.5. The molecule has 2 amide bonds. The van der Waals surface area contributed by atoms with Crippen molar-refractivity contribution in [3.8, 4) is 5.75 Å². The Morgan fingerprint density at radius 2 is 1.95 bits per heavy atom. The third-order valence-electron chi connectivity index (χ3n) is 5.98. The minimum atomic E-state index is -4.01. The van der Waals surface area contributed by atoms with Gasteiger partial charge in [-0.25, -0.2) is 14.5 Å². The average Bonchev–Trinajstić information content (AvgIpc) is 3.53. The van der Waals surface area contributed by atoms with Crippen molar-refractivity contribution in [1.82, 2.24) is 15.0 Å². The first kappa shape index (κ1) is 30.3. The van der Waals surface area contributed by atoms with Crippen molar-refractivity contribution < 1.29 is 37.3 Å². The number of aromatic nitrogens is 1. The molecule has 2 N–H and O–H groups in total. The third-order valence-corrected chi connectivity index (χ3v) is 8.54. The Morgan fingerprint density at radius 1 is 1.20 bits per heavy atom. The number of thiazole rings is 1. The predicted molar refractivity (Wildman–Crippen MR) is 150 cm³/mol. The fraction of sp³-hybridized carbons (Fsp3) is 0.333. The Labute approximate surface area is 240 Å². The number of halogens is 1. The summed E-state index contributed by atoms with van der Waals surface area (Å²) in [5.41, 5.74) is 1.03. The van der Waals surface area contributed by atoms with E-state index < -0.39 is 55.7 Å². The SMILES string of the molecule is COCP(=O)(N[C@@H](C)C(=O)OC(C)C)Oc1ccc(F)cc1C(C(=O)Nc1nccs1)N1Cc2ccccc2C1=O. The van der Waals surface area contributed by atoms with Crippen LogP contribution >= 0.6 is 18.9 Å². The molecule has 0 fully saturated rings. The Hall–Kier alpha value is -3.64.